The van der Waals surface area contributed by atoms with Crippen molar-refractivity contribution in [2.45, 2.75) is 38.8 Å². The van der Waals surface area contributed by atoms with E-state index >= 15 is 0 Å². The predicted octanol–water partition coefficient (Wildman–Crippen LogP) is 9.22. The molecule has 1 aliphatic heterocycles. The number of rotatable bonds is 6. The van der Waals surface area contributed by atoms with Crippen LogP contribution in [-0.4, -0.2) is 6.21 Å². The van der Waals surface area contributed by atoms with Crippen molar-refractivity contribution in [3.63, 3.8) is 0 Å². The van der Waals surface area contributed by atoms with Crippen LogP contribution in [0.25, 0.3) is 0 Å². The highest BCUT2D eigenvalue weighted by Crippen LogP contribution is 2.50. The molecule has 0 spiro atoms. The van der Waals surface area contributed by atoms with Crippen LogP contribution in [0.3, 0.4) is 0 Å². The number of ether oxygens (including phenoxy) is 1. The molecule has 0 bridgehead atoms. The van der Waals surface area contributed by atoms with Gasteiger partial charge in [-0.1, -0.05) is 87.7 Å². The van der Waals surface area contributed by atoms with Gasteiger partial charge in [0, 0.05) is 27.9 Å². The summed E-state index contributed by atoms with van der Waals surface area (Å²) < 4.78 is 7.15. The normalized spacial score (nSPS) is 19.7. The average Bonchev–Trinajstić information content (AvgIpc) is 3.43. The van der Waals surface area contributed by atoms with E-state index in [-0.39, 0.29) is 6.04 Å². The van der Waals surface area contributed by atoms with Gasteiger partial charge in [0.2, 0.25) is 0 Å². The lowest BCUT2D eigenvalue weighted by Crippen LogP contribution is -2.29. The molecule has 1 aliphatic carbocycles. The fraction of sp³-hybridized carbons (Fsp3) is 0.206. The highest BCUT2D eigenvalue weighted by atomic mass is 79.9. The smallest absolute Gasteiger partial charge is 0.128 e. The van der Waals surface area contributed by atoms with Gasteiger partial charge in [-0.15, -0.1) is 0 Å². The molecule has 0 unspecified atom stereocenters. The molecule has 4 heteroatoms. The molecule has 0 saturated carbocycles. The van der Waals surface area contributed by atoms with Gasteiger partial charge in [0.25, 0.3) is 0 Å². The van der Waals surface area contributed by atoms with E-state index in [0.717, 1.165) is 33.5 Å². The van der Waals surface area contributed by atoms with Crippen LogP contribution in [0.5, 0.6) is 5.75 Å². The van der Waals surface area contributed by atoms with Crippen molar-refractivity contribution < 1.29 is 4.74 Å². The molecule has 4 aromatic rings. The van der Waals surface area contributed by atoms with Gasteiger partial charge in [0.05, 0.1) is 11.7 Å². The van der Waals surface area contributed by atoms with E-state index in [1.807, 2.05) is 24.4 Å². The van der Waals surface area contributed by atoms with Gasteiger partial charge in [-0.05, 0) is 79.3 Å². The zero-order valence-corrected chi connectivity index (χ0v) is 23.3. The van der Waals surface area contributed by atoms with E-state index in [1.165, 1.54) is 27.9 Å². The van der Waals surface area contributed by atoms with Crippen LogP contribution in [0.2, 0.25) is 0 Å². The van der Waals surface area contributed by atoms with Crippen LogP contribution in [0.15, 0.2) is 107 Å². The van der Waals surface area contributed by atoms with E-state index in [0.29, 0.717) is 18.4 Å². The summed E-state index contributed by atoms with van der Waals surface area (Å²) >= 11 is 3.59. The third-order valence-electron chi connectivity index (χ3n) is 7.61. The second-order valence-electron chi connectivity index (χ2n) is 10.4. The molecule has 3 nitrogen and oxygen atoms in total. The van der Waals surface area contributed by atoms with Crippen molar-refractivity contribution in [2.24, 2.45) is 10.9 Å². The summed E-state index contributed by atoms with van der Waals surface area (Å²) in [5.74, 6) is 1.83. The SMILES string of the molecule is Cc1ccc(COc2ccc(Br)cc2C=Nc2ccc([C@@H]3Nc4ccc(C)cc4[C@@H]4C=CC[C@@H]43)cc2)cc1. The quantitative estimate of drug-likeness (QED) is 0.187. The van der Waals surface area contributed by atoms with Gasteiger partial charge in [-0.2, -0.15) is 0 Å². The summed E-state index contributed by atoms with van der Waals surface area (Å²) in [5.41, 5.74) is 9.56. The van der Waals surface area contributed by atoms with Crippen molar-refractivity contribution in [1.82, 2.24) is 0 Å². The van der Waals surface area contributed by atoms with Gasteiger partial charge in [0.15, 0.2) is 0 Å². The standard InChI is InChI=1S/C34H31BrN2O/c1-22-6-9-24(10-7-22)21-38-33-17-13-27(35)19-26(33)20-36-28-14-11-25(12-15-28)34-30-5-3-4-29(30)31-18-23(2)8-16-32(31)37-34/h3-4,6-20,29-30,34,37H,5,21H2,1-2H3/t29-,30+,34+/m1/s1. The molecule has 0 amide bonds. The maximum absolute atomic E-state index is 6.15. The molecule has 2 aliphatic rings. The lowest BCUT2D eigenvalue weighted by molar-refractivity contribution is 0.306. The molecule has 4 aromatic carbocycles. The minimum absolute atomic E-state index is 0.287. The Balaban J connectivity index is 1.19. The first-order chi connectivity index (χ1) is 18.5. The predicted molar refractivity (Wildman–Crippen MR) is 161 cm³/mol. The maximum atomic E-state index is 6.15. The average molecular weight is 564 g/mol. The Hall–Kier alpha value is -3.63. The highest BCUT2D eigenvalue weighted by Gasteiger charge is 2.37. The minimum Gasteiger partial charge on any atom is -0.488 e. The molecule has 3 atom stereocenters. The van der Waals surface area contributed by atoms with E-state index in [1.54, 1.807) is 0 Å². The molecule has 38 heavy (non-hydrogen) atoms. The van der Waals surface area contributed by atoms with E-state index in [9.17, 15) is 0 Å². The number of benzene rings is 4. The summed E-state index contributed by atoms with van der Waals surface area (Å²) in [7, 11) is 0. The zero-order valence-electron chi connectivity index (χ0n) is 21.7. The monoisotopic (exact) mass is 562 g/mol. The first-order valence-electron chi connectivity index (χ1n) is 13.2. The molecule has 0 saturated heterocycles. The number of nitrogens with one attached hydrogen (secondary N) is 1. The number of aliphatic imine (C=N–C) groups is 1. The van der Waals surface area contributed by atoms with Gasteiger partial charge < -0.3 is 10.1 Å². The molecule has 0 fully saturated rings. The van der Waals surface area contributed by atoms with Crippen molar-refractivity contribution in [3.05, 3.63) is 135 Å². The van der Waals surface area contributed by atoms with Gasteiger partial charge in [-0.3, -0.25) is 4.99 Å². The number of hydrogen-bond donors (Lipinski definition) is 1. The Labute approximate surface area is 233 Å². The maximum Gasteiger partial charge on any atom is 0.128 e. The van der Waals surface area contributed by atoms with Crippen LogP contribution in [0, 0.1) is 19.8 Å². The number of hydrogen-bond acceptors (Lipinski definition) is 3. The summed E-state index contributed by atoms with van der Waals surface area (Å²) in [6, 6.07) is 30.2. The molecular weight excluding hydrogens is 532 g/mol. The van der Waals surface area contributed by atoms with E-state index in [4.69, 9.17) is 9.73 Å². The Morgan fingerprint density at radius 2 is 1.71 bits per heavy atom. The number of aryl methyl sites for hydroxylation is 2. The van der Waals surface area contributed by atoms with Crippen LogP contribution >= 0.6 is 15.9 Å². The minimum atomic E-state index is 0.287. The van der Waals surface area contributed by atoms with E-state index < -0.39 is 0 Å². The number of nitrogens with zero attached hydrogens (tertiary/aromatic N) is 1. The van der Waals surface area contributed by atoms with Crippen LogP contribution in [0.1, 0.15) is 51.8 Å². The molecular formula is C34H31BrN2O. The third kappa shape index (κ3) is 5.19. The van der Waals surface area contributed by atoms with Gasteiger partial charge >= 0.3 is 0 Å². The summed E-state index contributed by atoms with van der Waals surface area (Å²) in [6.07, 6.45) is 7.73. The molecule has 6 rings (SSSR count). The Morgan fingerprint density at radius 3 is 2.53 bits per heavy atom. The third-order valence-corrected chi connectivity index (χ3v) is 8.10. The first-order valence-corrected chi connectivity index (χ1v) is 14.0. The number of halogens is 1. The fourth-order valence-corrected chi connectivity index (χ4v) is 5.93. The van der Waals surface area contributed by atoms with Crippen molar-refractivity contribution in [2.75, 3.05) is 5.32 Å². The molecule has 190 valence electrons. The number of allylic oxidation sites excluding steroid dienone is 2. The molecule has 0 aromatic heterocycles. The molecule has 0 radical (unpaired) electrons. The second-order valence-corrected chi connectivity index (χ2v) is 11.3. The summed E-state index contributed by atoms with van der Waals surface area (Å²) in [4.78, 5) is 4.78. The number of anilines is 1. The largest absolute Gasteiger partial charge is 0.488 e. The lowest BCUT2D eigenvalue weighted by atomic mass is 9.76. The summed E-state index contributed by atoms with van der Waals surface area (Å²) in [5, 5.41) is 3.83. The Kier molecular flexibility index (Phi) is 6.90. The fourth-order valence-electron chi connectivity index (χ4n) is 5.55. The van der Waals surface area contributed by atoms with Crippen molar-refractivity contribution >= 4 is 33.5 Å². The Bertz CT molecular complexity index is 1510. The van der Waals surface area contributed by atoms with Crippen LogP contribution < -0.4 is 10.1 Å². The topological polar surface area (TPSA) is 33.6 Å². The Morgan fingerprint density at radius 1 is 0.921 bits per heavy atom. The number of fused-ring (bicyclic) bond motifs is 3. The van der Waals surface area contributed by atoms with Crippen molar-refractivity contribution in [1.29, 1.82) is 0 Å². The molecule has 1 heterocycles. The molecule has 1 N–H and O–H groups in total. The summed E-state index contributed by atoms with van der Waals surface area (Å²) in [6.45, 7) is 4.78. The second kappa shape index (κ2) is 10.6. The van der Waals surface area contributed by atoms with Crippen LogP contribution in [-0.2, 0) is 6.61 Å². The van der Waals surface area contributed by atoms with Crippen LogP contribution in [0.4, 0.5) is 11.4 Å². The van der Waals surface area contributed by atoms with Crippen molar-refractivity contribution in [3.8, 4) is 5.75 Å². The lowest BCUT2D eigenvalue weighted by Gasteiger charge is -2.37. The zero-order chi connectivity index (χ0) is 26.1. The highest BCUT2D eigenvalue weighted by molar-refractivity contribution is 9.10. The first kappa shape index (κ1) is 24.7. The van der Waals surface area contributed by atoms with Gasteiger partial charge in [-0.25, -0.2) is 0 Å². The van der Waals surface area contributed by atoms with E-state index in [2.05, 4.69) is 114 Å². The van der Waals surface area contributed by atoms with Gasteiger partial charge in [0.1, 0.15) is 12.4 Å².